The van der Waals surface area contributed by atoms with Gasteiger partial charge in [-0.3, -0.25) is 19.3 Å². The highest BCUT2D eigenvalue weighted by molar-refractivity contribution is 6.16. The normalized spacial score (nSPS) is 17.4. The standard InChI is InChI=1S/C13H13NO3/c1-9-5-12(16)14(13(17)6-9)11-4-2-3-10(7-11)8-15/h2-4,7-9H,5-6H2,1H3. The number of carbonyl (C=O) groups excluding carboxylic acids is 3. The molecule has 4 nitrogen and oxygen atoms in total. The summed E-state index contributed by atoms with van der Waals surface area (Å²) in [6, 6.07) is 6.52. The number of hydrogen-bond acceptors (Lipinski definition) is 3. The summed E-state index contributed by atoms with van der Waals surface area (Å²) in [6.07, 6.45) is 1.44. The van der Waals surface area contributed by atoms with Gasteiger partial charge in [0.05, 0.1) is 5.69 Å². The van der Waals surface area contributed by atoms with Crippen LogP contribution in [0.2, 0.25) is 0 Å². The first-order valence-electron chi connectivity index (χ1n) is 5.53. The lowest BCUT2D eigenvalue weighted by Crippen LogP contribution is -2.42. The molecule has 1 heterocycles. The van der Waals surface area contributed by atoms with Crippen molar-refractivity contribution in [3.8, 4) is 0 Å². The predicted molar refractivity (Wildman–Crippen MR) is 62.7 cm³/mol. The molecule has 0 aliphatic carbocycles. The van der Waals surface area contributed by atoms with Crippen molar-refractivity contribution in [3.63, 3.8) is 0 Å². The molecular weight excluding hydrogens is 218 g/mol. The number of nitrogens with zero attached hydrogens (tertiary/aromatic N) is 1. The number of aldehydes is 1. The summed E-state index contributed by atoms with van der Waals surface area (Å²) in [5.74, 6) is -0.297. The number of rotatable bonds is 2. The molecule has 88 valence electrons. The second kappa shape index (κ2) is 4.49. The average molecular weight is 231 g/mol. The molecule has 0 saturated carbocycles. The van der Waals surface area contributed by atoms with Crippen LogP contribution in [0.15, 0.2) is 24.3 Å². The molecule has 0 aromatic heterocycles. The fraction of sp³-hybridized carbons (Fsp3) is 0.308. The second-order valence-electron chi connectivity index (χ2n) is 4.35. The van der Waals surface area contributed by atoms with Crippen molar-refractivity contribution in [2.24, 2.45) is 5.92 Å². The summed E-state index contributed by atoms with van der Waals surface area (Å²) in [6.45, 7) is 1.88. The van der Waals surface area contributed by atoms with E-state index in [-0.39, 0.29) is 17.7 Å². The van der Waals surface area contributed by atoms with E-state index in [9.17, 15) is 14.4 Å². The van der Waals surface area contributed by atoms with Crippen molar-refractivity contribution < 1.29 is 14.4 Å². The van der Waals surface area contributed by atoms with Crippen LogP contribution in [0.25, 0.3) is 0 Å². The fourth-order valence-electron chi connectivity index (χ4n) is 2.02. The van der Waals surface area contributed by atoms with E-state index >= 15 is 0 Å². The van der Waals surface area contributed by atoms with E-state index in [1.54, 1.807) is 24.3 Å². The fourth-order valence-corrected chi connectivity index (χ4v) is 2.02. The minimum Gasteiger partial charge on any atom is -0.298 e. The molecule has 0 bridgehead atoms. The van der Waals surface area contributed by atoms with Crippen molar-refractivity contribution in [2.45, 2.75) is 19.8 Å². The number of imide groups is 1. The lowest BCUT2D eigenvalue weighted by molar-refractivity contribution is -0.130. The van der Waals surface area contributed by atoms with E-state index in [2.05, 4.69) is 0 Å². The number of anilines is 1. The number of piperidine rings is 1. The summed E-state index contributed by atoms with van der Waals surface area (Å²) in [4.78, 5) is 35.5. The molecule has 0 atom stereocenters. The average Bonchev–Trinajstić information content (AvgIpc) is 2.28. The third kappa shape index (κ3) is 2.25. The zero-order chi connectivity index (χ0) is 12.4. The summed E-state index contributed by atoms with van der Waals surface area (Å²) in [5.41, 5.74) is 0.943. The molecule has 0 unspecified atom stereocenters. The van der Waals surface area contributed by atoms with Crippen molar-refractivity contribution >= 4 is 23.8 Å². The highest BCUT2D eigenvalue weighted by Crippen LogP contribution is 2.25. The molecule has 1 aromatic rings. The molecular formula is C13H13NO3. The van der Waals surface area contributed by atoms with Crippen molar-refractivity contribution in [1.29, 1.82) is 0 Å². The van der Waals surface area contributed by atoms with Crippen LogP contribution in [-0.4, -0.2) is 18.1 Å². The molecule has 4 heteroatoms. The molecule has 0 radical (unpaired) electrons. The maximum Gasteiger partial charge on any atom is 0.234 e. The molecule has 0 spiro atoms. The molecule has 1 aliphatic rings. The van der Waals surface area contributed by atoms with Crippen LogP contribution in [0.1, 0.15) is 30.1 Å². The van der Waals surface area contributed by atoms with Gasteiger partial charge in [0.15, 0.2) is 0 Å². The largest absolute Gasteiger partial charge is 0.298 e. The van der Waals surface area contributed by atoms with Gasteiger partial charge in [0.1, 0.15) is 6.29 Å². The molecule has 1 saturated heterocycles. The van der Waals surface area contributed by atoms with Crippen molar-refractivity contribution in [2.75, 3.05) is 4.90 Å². The van der Waals surface area contributed by atoms with E-state index in [1.807, 2.05) is 6.92 Å². The molecule has 0 N–H and O–H groups in total. The van der Waals surface area contributed by atoms with Crippen LogP contribution in [0.4, 0.5) is 5.69 Å². The van der Waals surface area contributed by atoms with Crippen LogP contribution in [0, 0.1) is 5.92 Å². The lowest BCUT2D eigenvalue weighted by atomic mass is 9.97. The smallest absolute Gasteiger partial charge is 0.234 e. The highest BCUT2D eigenvalue weighted by atomic mass is 16.2. The zero-order valence-electron chi connectivity index (χ0n) is 9.55. The Morgan fingerprint density at radius 2 is 1.88 bits per heavy atom. The van der Waals surface area contributed by atoms with Gasteiger partial charge in [0, 0.05) is 18.4 Å². The van der Waals surface area contributed by atoms with Gasteiger partial charge in [-0.25, -0.2) is 0 Å². The van der Waals surface area contributed by atoms with E-state index < -0.39 is 0 Å². The first kappa shape index (κ1) is 11.5. The monoisotopic (exact) mass is 231 g/mol. The first-order chi connectivity index (χ1) is 8.11. The Balaban J connectivity index is 2.34. The SMILES string of the molecule is CC1CC(=O)N(c2cccc(C=O)c2)C(=O)C1. The molecule has 2 amide bonds. The summed E-state index contributed by atoms with van der Waals surface area (Å²) < 4.78 is 0. The predicted octanol–water partition coefficient (Wildman–Crippen LogP) is 1.79. The maximum atomic E-state index is 11.8. The van der Waals surface area contributed by atoms with Gasteiger partial charge in [-0.05, 0) is 18.1 Å². The van der Waals surface area contributed by atoms with Crippen LogP contribution in [0.3, 0.4) is 0 Å². The number of carbonyl (C=O) groups is 3. The quantitative estimate of drug-likeness (QED) is 0.576. The van der Waals surface area contributed by atoms with Gasteiger partial charge in [-0.2, -0.15) is 0 Å². The number of hydrogen-bond donors (Lipinski definition) is 0. The third-order valence-electron chi connectivity index (χ3n) is 2.81. The molecule has 1 aromatic carbocycles. The van der Waals surface area contributed by atoms with Gasteiger partial charge in [-0.1, -0.05) is 19.1 Å². The molecule has 2 rings (SSSR count). The minimum atomic E-state index is -0.197. The maximum absolute atomic E-state index is 11.8. The van der Waals surface area contributed by atoms with Crippen LogP contribution < -0.4 is 4.90 Å². The Morgan fingerprint density at radius 3 is 2.47 bits per heavy atom. The van der Waals surface area contributed by atoms with Gasteiger partial charge < -0.3 is 0 Å². The van der Waals surface area contributed by atoms with Gasteiger partial charge in [0.25, 0.3) is 0 Å². The second-order valence-corrected chi connectivity index (χ2v) is 4.35. The minimum absolute atomic E-state index is 0.0977. The Morgan fingerprint density at radius 1 is 1.24 bits per heavy atom. The van der Waals surface area contributed by atoms with Gasteiger partial charge >= 0.3 is 0 Å². The third-order valence-corrected chi connectivity index (χ3v) is 2.81. The number of amides is 2. The molecule has 1 aliphatic heterocycles. The van der Waals surface area contributed by atoms with Gasteiger partial charge in [-0.15, -0.1) is 0 Å². The summed E-state index contributed by atoms with van der Waals surface area (Å²) in [5, 5.41) is 0. The van der Waals surface area contributed by atoms with Crippen LogP contribution in [0.5, 0.6) is 0 Å². The summed E-state index contributed by atoms with van der Waals surface area (Å²) >= 11 is 0. The van der Waals surface area contributed by atoms with Crippen LogP contribution in [-0.2, 0) is 9.59 Å². The Labute approximate surface area is 99.2 Å². The van der Waals surface area contributed by atoms with E-state index in [1.165, 1.54) is 4.90 Å². The van der Waals surface area contributed by atoms with E-state index in [4.69, 9.17) is 0 Å². The lowest BCUT2D eigenvalue weighted by Gasteiger charge is -2.28. The Bertz CT molecular complexity index is 463. The Kier molecular flexibility index (Phi) is 3.04. The van der Waals surface area contributed by atoms with Gasteiger partial charge in [0.2, 0.25) is 11.8 Å². The highest BCUT2D eigenvalue weighted by Gasteiger charge is 2.31. The summed E-state index contributed by atoms with van der Waals surface area (Å²) in [7, 11) is 0. The zero-order valence-corrected chi connectivity index (χ0v) is 9.55. The Hall–Kier alpha value is -1.97. The molecule has 1 fully saturated rings. The molecule has 17 heavy (non-hydrogen) atoms. The topological polar surface area (TPSA) is 54.5 Å². The number of benzene rings is 1. The van der Waals surface area contributed by atoms with Crippen molar-refractivity contribution in [1.82, 2.24) is 0 Å². The van der Waals surface area contributed by atoms with Crippen LogP contribution >= 0.6 is 0 Å². The first-order valence-corrected chi connectivity index (χ1v) is 5.53. The van der Waals surface area contributed by atoms with Crippen molar-refractivity contribution in [3.05, 3.63) is 29.8 Å². The van der Waals surface area contributed by atoms with E-state index in [0.29, 0.717) is 30.4 Å². The van der Waals surface area contributed by atoms with E-state index in [0.717, 1.165) is 0 Å².